The average molecular weight is 428 g/mol. The van der Waals surface area contributed by atoms with Gasteiger partial charge in [0.25, 0.3) is 0 Å². The van der Waals surface area contributed by atoms with E-state index in [-0.39, 0.29) is 18.0 Å². The summed E-state index contributed by atoms with van der Waals surface area (Å²) in [5, 5.41) is 6.80. The van der Waals surface area contributed by atoms with Gasteiger partial charge in [-0.25, -0.2) is 8.42 Å². The number of nitrogens with zero attached hydrogens (tertiary/aromatic N) is 2. The summed E-state index contributed by atoms with van der Waals surface area (Å²) in [6.45, 7) is 5.20. The molecule has 0 spiro atoms. The number of hydrogen-bond acceptors (Lipinski definition) is 5. The molecular formula is C22H25N3O4S. The van der Waals surface area contributed by atoms with Crippen LogP contribution in [-0.4, -0.2) is 36.1 Å². The van der Waals surface area contributed by atoms with Crippen LogP contribution in [0.4, 0.5) is 0 Å². The van der Waals surface area contributed by atoms with Crippen LogP contribution in [0, 0.1) is 13.8 Å². The second kappa shape index (κ2) is 8.59. The molecule has 0 unspecified atom stereocenters. The van der Waals surface area contributed by atoms with E-state index in [1.165, 1.54) is 4.31 Å². The molecule has 8 heteroatoms. The zero-order valence-corrected chi connectivity index (χ0v) is 17.9. The molecule has 2 heterocycles. The Morgan fingerprint density at radius 1 is 1.10 bits per heavy atom. The normalized spacial score (nSPS) is 14.7. The van der Waals surface area contributed by atoms with Crippen LogP contribution in [0.1, 0.15) is 28.1 Å². The quantitative estimate of drug-likeness (QED) is 0.652. The Hall–Kier alpha value is -2.68. The lowest BCUT2D eigenvalue weighted by Gasteiger charge is -2.20. The third kappa shape index (κ3) is 4.26. The summed E-state index contributed by atoms with van der Waals surface area (Å²) in [4.78, 5) is 0.244. The van der Waals surface area contributed by atoms with Gasteiger partial charge >= 0.3 is 0 Å². The zero-order chi connectivity index (χ0) is 21.1. The molecule has 158 valence electrons. The molecule has 2 aromatic carbocycles. The molecule has 0 amide bonds. The fourth-order valence-electron chi connectivity index (χ4n) is 3.63. The molecule has 1 N–H and O–H groups in total. The molecule has 7 nitrogen and oxygen atoms in total. The number of aromatic nitrogens is 2. The maximum absolute atomic E-state index is 13.3. The van der Waals surface area contributed by atoms with Crippen molar-refractivity contribution in [3.05, 3.63) is 76.6 Å². The Balaban J connectivity index is 1.51. The van der Waals surface area contributed by atoms with Crippen LogP contribution >= 0.6 is 0 Å². The van der Waals surface area contributed by atoms with Crippen LogP contribution in [0.5, 0.6) is 5.75 Å². The first-order valence-corrected chi connectivity index (χ1v) is 11.3. The number of H-pyrrole nitrogens is 1. The van der Waals surface area contributed by atoms with E-state index in [9.17, 15) is 8.42 Å². The highest BCUT2D eigenvalue weighted by Gasteiger charge is 2.31. The highest BCUT2D eigenvalue weighted by atomic mass is 32.2. The minimum atomic E-state index is -3.68. The first kappa shape index (κ1) is 20.6. The van der Waals surface area contributed by atoms with Gasteiger partial charge in [0.1, 0.15) is 17.3 Å². The van der Waals surface area contributed by atoms with Gasteiger partial charge in [-0.05, 0) is 37.1 Å². The number of sulfonamides is 1. The molecule has 0 atom stereocenters. The number of benzene rings is 2. The average Bonchev–Trinajstić information content (AvgIpc) is 2.95. The first-order valence-electron chi connectivity index (χ1n) is 9.83. The Morgan fingerprint density at radius 2 is 1.87 bits per heavy atom. The molecule has 4 rings (SSSR count). The zero-order valence-electron chi connectivity index (χ0n) is 17.1. The minimum Gasteiger partial charge on any atom is -0.492 e. The van der Waals surface area contributed by atoms with Gasteiger partial charge in [0.15, 0.2) is 0 Å². The van der Waals surface area contributed by atoms with E-state index in [2.05, 4.69) is 10.2 Å². The second-order valence-corrected chi connectivity index (χ2v) is 9.25. The van der Waals surface area contributed by atoms with Gasteiger partial charge in [-0.15, -0.1) is 0 Å². The summed E-state index contributed by atoms with van der Waals surface area (Å²) >= 11 is 0. The molecule has 30 heavy (non-hydrogen) atoms. The minimum absolute atomic E-state index is 0.244. The van der Waals surface area contributed by atoms with Crippen molar-refractivity contribution in [2.75, 3.05) is 13.2 Å². The fourth-order valence-corrected chi connectivity index (χ4v) is 5.36. The highest BCUT2D eigenvalue weighted by Crippen LogP contribution is 2.29. The Labute approximate surface area is 176 Å². The number of fused-ring (bicyclic) bond motifs is 1. The van der Waals surface area contributed by atoms with E-state index >= 15 is 0 Å². The van der Waals surface area contributed by atoms with Gasteiger partial charge in [0, 0.05) is 18.7 Å². The molecule has 1 aromatic heterocycles. The summed E-state index contributed by atoms with van der Waals surface area (Å²) in [6.07, 6.45) is 0. The van der Waals surface area contributed by atoms with Gasteiger partial charge in [0.05, 0.1) is 24.6 Å². The standard InChI is InChI=1S/C22H25N3O4S/c1-16-22(17(2)24-23-16)30(26,27)25-10-11-29-21-9-8-19(12-20(21)13-25)15-28-14-18-6-4-3-5-7-18/h3-9,12H,10-11,13-15H2,1-2H3,(H,23,24). The van der Waals surface area contributed by atoms with E-state index in [1.54, 1.807) is 13.8 Å². The van der Waals surface area contributed by atoms with Crippen LogP contribution in [0.15, 0.2) is 53.4 Å². The summed E-state index contributed by atoms with van der Waals surface area (Å²) in [5.41, 5.74) is 3.93. The molecule has 0 saturated carbocycles. The Bertz CT molecular complexity index is 1110. The van der Waals surface area contributed by atoms with Crippen molar-refractivity contribution in [2.45, 2.75) is 38.5 Å². The summed E-state index contributed by atoms with van der Waals surface area (Å²) < 4.78 is 39.6. The van der Waals surface area contributed by atoms with E-state index in [0.717, 1.165) is 16.7 Å². The van der Waals surface area contributed by atoms with Crippen LogP contribution in [0.25, 0.3) is 0 Å². The lowest BCUT2D eigenvalue weighted by Crippen LogP contribution is -2.33. The third-order valence-corrected chi connectivity index (χ3v) is 7.22. The summed E-state index contributed by atoms with van der Waals surface area (Å²) in [7, 11) is -3.68. The fraction of sp³-hybridized carbons (Fsp3) is 0.318. The topological polar surface area (TPSA) is 84.5 Å². The molecule has 1 aliphatic rings. The molecule has 1 aliphatic heterocycles. The highest BCUT2D eigenvalue weighted by molar-refractivity contribution is 7.89. The van der Waals surface area contributed by atoms with Crippen molar-refractivity contribution in [1.29, 1.82) is 0 Å². The monoisotopic (exact) mass is 427 g/mol. The number of hydrogen-bond donors (Lipinski definition) is 1. The molecule has 0 bridgehead atoms. The molecule has 0 aliphatic carbocycles. The van der Waals surface area contributed by atoms with Crippen LogP contribution in [0.3, 0.4) is 0 Å². The molecular weight excluding hydrogens is 402 g/mol. The Kier molecular flexibility index (Phi) is 5.90. The lowest BCUT2D eigenvalue weighted by atomic mass is 10.1. The maximum atomic E-state index is 13.3. The number of ether oxygens (including phenoxy) is 2. The van der Waals surface area contributed by atoms with Crippen molar-refractivity contribution < 1.29 is 17.9 Å². The number of nitrogens with one attached hydrogen (secondary N) is 1. The van der Waals surface area contributed by atoms with Crippen LogP contribution < -0.4 is 4.74 Å². The van der Waals surface area contributed by atoms with E-state index in [0.29, 0.717) is 37.0 Å². The summed E-state index contributed by atoms with van der Waals surface area (Å²) in [5.74, 6) is 0.708. The van der Waals surface area contributed by atoms with Gasteiger partial charge in [-0.3, -0.25) is 5.10 Å². The van der Waals surface area contributed by atoms with Gasteiger partial charge in [-0.1, -0.05) is 36.4 Å². The maximum Gasteiger partial charge on any atom is 0.247 e. The first-order chi connectivity index (χ1) is 14.4. The van der Waals surface area contributed by atoms with Crippen LogP contribution in [0.2, 0.25) is 0 Å². The predicted molar refractivity (Wildman–Crippen MR) is 113 cm³/mol. The van der Waals surface area contributed by atoms with Crippen molar-refractivity contribution in [2.24, 2.45) is 0 Å². The van der Waals surface area contributed by atoms with E-state index in [4.69, 9.17) is 9.47 Å². The van der Waals surface area contributed by atoms with Crippen molar-refractivity contribution in [3.8, 4) is 5.75 Å². The van der Waals surface area contributed by atoms with Gasteiger partial charge in [0.2, 0.25) is 10.0 Å². The molecule has 0 radical (unpaired) electrons. The number of aromatic amines is 1. The van der Waals surface area contributed by atoms with E-state index in [1.807, 2.05) is 48.5 Å². The van der Waals surface area contributed by atoms with Crippen molar-refractivity contribution >= 4 is 10.0 Å². The molecule has 3 aromatic rings. The SMILES string of the molecule is Cc1n[nH]c(C)c1S(=O)(=O)N1CCOc2ccc(COCc3ccccc3)cc2C1. The van der Waals surface area contributed by atoms with E-state index < -0.39 is 10.0 Å². The second-order valence-electron chi connectivity index (χ2n) is 7.37. The smallest absolute Gasteiger partial charge is 0.247 e. The third-order valence-electron chi connectivity index (χ3n) is 5.11. The molecule has 0 fully saturated rings. The number of aryl methyl sites for hydroxylation is 2. The Morgan fingerprint density at radius 3 is 2.60 bits per heavy atom. The molecule has 0 saturated heterocycles. The van der Waals surface area contributed by atoms with Gasteiger partial charge in [-0.2, -0.15) is 9.40 Å². The largest absolute Gasteiger partial charge is 0.492 e. The van der Waals surface area contributed by atoms with Crippen molar-refractivity contribution in [3.63, 3.8) is 0 Å². The number of rotatable bonds is 6. The summed E-state index contributed by atoms with van der Waals surface area (Å²) in [6, 6.07) is 15.8. The predicted octanol–water partition coefficient (Wildman–Crippen LogP) is 3.33. The van der Waals surface area contributed by atoms with Crippen molar-refractivity contribution in [1.82, 2.24) is 14.5 Å². The van der Waals surface area contributed by atoms with Crippen LogP contribution in [-0.2, 0) is 34.5 Å². The van der Waals surface area contributed by atoms with Gasteiger partial charge < -0.3 is 9.47 Å². The lowest BCUT2D eigenvalue weighted by molar-refractivity contribution is 0.107.